The van der Waals surface area contributed by atoms with Gasteiger partial charge in [0.1, 0.15) is 12.3 Å². The number of carbonyl (C=O) groups excluding carboxylic acids is 3. The molecule has 2 rings (SSSR count). The average Bonchev–Trinajstić information content (AvgIpc) is 2.72. The van der Waals surface area contributed by atoms with E-state index in [-0.39, 0.29) is 12.3 Å². The number of amides is 1. The molecule has 1 atom stereocenters. The summed E-state index contributed by atoms with van der Waals surface area (Å²) in [6.45, 7) is 5.64. The van der Waals surface area contributed by atoms with Crippen LogP contribution in [-0.4, -0.2) is 36.9 Å². The first-order valence-electron chi connectivity index (χ1n) is 9.28. The van der Waals surface area contributed by atoms with Crippen molar-refractivity contribution in [2.24, 2.45) is 0 Å². The van der Waals surface area contributed by atoms with Crippen LogP contribution in [-0.2, 0) is 16.0 Å². The molecule has 0 heterocycles. The second-order valence-electron chi connectivity index (χ2n) is 6.19. The molecule has 0 fully saturated rings. The first-order chi connectivity index (χ1) is 13.4. The number of hydrogen-bond acceptors (Lipinski definition) is 5. The van der Waals surface area contributed by atoms with Crippen molar-refractivity contribution in [3.8, 4) is 5.75 Å². The number of nitrogens with one attached hydrogen (secondary N) is 1. The van der Waals surface area contributed by atoms with Crippen molar-refractivity contribution in [1.82, 2.24) is 5.32 Å². The van der Waals surface area contributed by atoms with Crippen LogP contribution in [0.2, 0.25) is 0 Å². The first kappa shape index (κ1) is 21.2. The molecule has 148 valence electrons. The van der Waals surface area contributed by atoms with E-state index in [2.05, 4.69) is 5.32 Å². The van der Waals surface area contributed by atoms with Crippen molar-refractivity contribution < 1.29 is 23.9 Å². The van der Waals surface area contributed by atoms with Gasteiger partial charge in [0, 0.05) is 11.1 Å². The van der Waals surface area contributed by atoms with Crippen LogP contribution in [0.15, 0.2) is 48.5 Å². The fourth-order valence-electron chi connectivity index (χ4n) is 2.56. The second kappa shape index (κ2) is 10.3. The summed E-state index contributed by atoms with van der Waals surface area (Å²) in [5.74, 6) is -0.703. The van der Waals surface area contributed by atoms with E-state index in [9.17, 15) is 14.4 Å². The van der Waals surface area contributed by atoms with Gasteiger partial charge < -0.3 is 14.8 Å². The highest BCUT2D eigenvalue weighted by Gasteiger charge is 2.20. The lowest BCUT2D eigenvalue weighted by Crippen LogP contribution is -2.34. The van der Waals surface area contributed by atoms with Crippen LogP contribution in [0.4, 0.5) is 0 Å². The minimum atomic E-state index is -0.928. The molecule has 0 aromatic heterocycles. The smallest absolute Gasteiger partial charge is 0.326 e. The van der Waals surface area contributed by atoms with E-state index in [1.807, 2.05) is 26.0 Å². The molecule has 1 N–H and O–H groups in total. The second-order valence-corrected chi connectivity index (χ2v) is 6.19. The topological polar surface area (TPSA) is 81.7 Å². The van der Waals surface area contributed by atoms with Crippen LogP contribution in [0.25, 0.3) is 0 Å². The van der Waals surface area contributed by atoms with Gasteiger partial charge >= 0.3 is 5.97 Å². The zero-order chi connectivity index (χ0) is 20.5. The third-order valence-corrected chi connectivity index (χ3v) is 4.14. The highest BCUT2D eigenvalue weighted by atomic mass is 16.5. The number of aryl methyl sites for hydroxylation is 1. The van der Waals surface area contributed by atoms with Crippen molar-refractivity contribution >= 4 is 17.7 Å². The number of ether oxygens (including phenoxy) is 2. The largest absolute Gasteiger partial charge is 0.494 e. The number of benzene rings is 2. The average molecular weight is 383 g/mol. The molecule has 6 nitrogen and oxygen atoms in total. The van der Waals surface area contributed by atoms with E-state index in [0.29, 0.717) is 23.5 Å². The van der Waals surface area contributed by atoms with E-state index in [1.165, 1.54) is 6.92 Å². The Morgan fingerprint density at radius 1 is 0.929 bits per heavy atom. The maximum absolute atomic E-state index is 12.3. The van der Waals surface area contributed by atoms with Crippen LogP contribution in [0, 0.1) is 0 Å². The fraction of sp³-hybridized carbons (Fsp3) is 0.318. The lowest BCUT2D eigenvalue weighted by molar-refractivity contribution is -0.145. The van der Waals surface area contributed by atoms with Crippen molar-refractivity contribution in [1.29, 1.82) is 0 Å². The van der Waals surface area contributed by atoms with E-state index >= 15 is 0 Å². The van der Waals surface area contributed by atoms with Gasteiger partial charge in [-0.05, 0) is 50.1 Å². The van der Waals surface area contributed by atoms with Crippen LogP contribution >= 0.6 is 0 Å². The molecule has 0 saturated heterocycles. The quantitative estimate of drug-likeness (QED) is 0.531. The maximum atomic E-state index is 12.3. The monoisotopic (exact) mass is 383 g/mol. The molecule has 2 aromatic rings. The summed E-state index contributed by atoms with van der Waals surface area (Å²) >= 11 is 0. The number of esters is 1. The van der Waals surface area contributed by atoms with Crippen molar-refractivity contribution in [3.63, 3.8) is 0 Å². The first-order valence-corrected chi connectivity index (χ1v) is 9.28. The van der Waals surface area contributed by atoms with E-state index in [1.54, 1.807) is 36.4 Å². The van der Waals surface area contributed by atoms with Gasteiger partial charge in [-0.1, -0.05) is 31.2 Å². The Labute approximate surface area is 164 Å². The zero-order valence-corrected chi connectivity index (χ0v) is 16.4. The summed E-state index contributed by atoms with van der Waals surface area (Å²) in [4.78, 5) is 36.4. The van der Waals surface area contributed by atoms with E-state index in [4.69, 9.17) is 9.47 Å². The fourth-order valence-corrected chi connectivity index (χ4v) is 2.56. The van der Waals surface area contributed by atoms with E-state index in [0.717, 1.165) is 12.0 Å². The third-order valence-electron chi connectivity index (χ3n) is 4.14. The molecule has 0 spiro atoms. The minimum absolute atomic E-state index is 0.283. The Hall–Kier alpha value is -3.15. The molecule has 0 radical (unpaired) electrons. The van der Waals surface area contributed by atoms with Crippen LogP contribution in [0.5, 0.6) is 5.75 Å². The maximum Gasteiger partial charge on any atom is 0.326 e. The third kappa shape index (κ3) is 5.94. The molecule has 1 unspecified atom stereocenters. The lowest BCUT2D eigenvalue weighted by atomic mass is 10.0. The summed E-state index contributed by atoms with van der Waals surface area (Å²) in [7, 11) is 0. The number of hydrogen-bond donors (Lipinski definition) is 1. The van der Waals surface area contributed by atoms with Gasteiger partial charge in [-0.15, -0.1) is 0 Å². The van der Waals surface area contributed by atoms with Gasteiger partial charge in [0.2, 0.25) is 5.78 Å². The van der Waals surface area contributed by atoms with Crippen molar-refractivity contribution in [2.75, 3.05) is 13.2 Å². The lowest BCUT2D eigenvalue weighted by Gasteiger charge is -2.13. The summed E-state index contributed by atoms with van der Waals surface area (Å²) in [6.07, 6.45) is -0.0464. The molecule has 0 aliphatic carbocycles. The van der Waals surface area contributed by atoms with Gasteiger partial charge in [0.25, 0.3) is 5.91 Å². The summed E-state index contributed by atoms with van der Waals surface area (Å²) in [5, 5.41) is 2.48. The molecule has 1 amide bonds. The normalized spacial score (nSPS) is 11.4. The number of ketones is 1. The van der Waals surface area contributed by atoms with Crippen molar-refractivity contribution in [3.05, 3.63) is 65.2 Å². The molecule has 2 aromatic carbocycles. The Balaban J connectivity index is 1.83. The number of carbonyl (C=O) groups is 3. The van der Waals surface area contributed by atoms with Crippen molar-refractivity contribution in [2.45, 2.75) is 33.3 Å². The molecular formula is C22H25NO5. The molecular weight excluding hydrogens is 358 g/mol. The van der Waals surface area contributed by atoms with Gasteiger partial charge in [-0.2, -0.15) is 0 Å². The zero-order valence-electron chi connectivity index (χ0n) is 16.4. The summed E-state index contributed by atoms with van der Waals surface area (Å²) < 4.78 is 10.5. The number of Topliss-reactive ketones (excluding diaryl/α,β-unsaturated/α-hetero) is 1. The minimum Gasteiger partial charge on any atom is -0.494 e. The van der Waals surface area contributed by atoms with Gasteiger partial charge in [0.15, 0.2) is 6.10 Å². The molecule has 0 aliphatic rings. The molecule has 28 heavy (non-hydrogen) atoms. The van der Waals surface area contributed by atoms with Crippen LogP contribution < -0.4 is 10.1 Å². The van der Waals surface area contributed by atoms with Gasteiger partial charge in [0.05, 0.1) is 6.61 Å². The van der Waals surface area contributed by atoms with Crippen LogP contribution in [0.1, 0.15) is 47.1 Å². The standard InChI is InChI=1S/C22H25NO5/c1-4-16-6-8-17(9-7-16)21(25)15(3)28-20(24)14-23-22(26)18-10-12-19(13-11-18)27-5-2/h6-13,15H,4-5,14H2,1-3H3,(H,23,26). The van der Waals surface area contributed by atoms with Crippen LogP contribution in [0.3, 0.4) is 0 Å². The Kier molecular flexibility index (Phi) is 7.75. The molecule has 6 heteroatoms. The molecule has 0 aliphatic heterocycles. The summed E-state index contributed by atoms with van der Waals surface area (Å²) in [5.41, 5.74) is 2.01. The van der Waals surface area contributed by atoms with Gasteiger partial charge in [-0.3, -0.25) is 14.4 Å². The molecule has 0 bridgehead atoms. The van der Waals surface area contributed by atoms with Gasteiger partial charge in [-0.25, -0.2) is 0 Å². The number of rotatable bonds is 9. The Morgan fingerprint density at radius 2 is 1.54 bits per heavy atom. The highest BCUT2D eigenvalue weighted by molar-refractivity contribution is 6.00. The predicted octanol–water partition coefficient (Wildman–Crippen LogP) is 3.19. The Bertz CT molecular complexity index is 812. The SMILES string of the molecule is CCOc1ccc(C(=O)NCC(=O)OC(C)C(=O)c2ccc(CC)cc2)cc1. The summed E-state index contributed by atoms with van der Waals surface area (Å²) in [6, 6.07) is 13.8. The predicted molar refractivity (Wildman–Crippen MR) is 106 cm³/mol. The highest BCUT2D eigenvalue weighted by Crippen LogP contribution is 2.12. The molecule has 0 saturated carbocycles. The Morgan fingerprint density at radius 3 is 2.11 bits per heavy atom. The van der Waals surface area contributed by atoms with E-state index < -0.39 is 18.0 Å².